The van der Waals surface area contributed by atoms with Crippen molar-refractivity contribution in [1.29, 1.82) is 0 Å². The minimum atomic E-state index is 0.257. The molecule has 5 nitrogen and oxygen atoms in total. The van der Waals surface area contributed by atoms with Crippen molar-refractivity contribution >= 4 is 11.3 Å². The highest BCUT2D eigenvalue weighted by Gasteiger charge is 2.19. The van der Waals surface area contributed by atoms with Gasteiger partial charge in [-0.1, -0.05) is 0 Å². The molecule has 1 aliphatic rings. The van der Waals surface area contributed by atoms with E-state index in [0.717, 1.165) is 41.6 Å². The van der Waals surface area contributed by atoms with Crippen molar-refractivity contribution in [2.75, 3.05) is 20.4 Å². The molecule has 106 valence electrons. The van der Waals surface area contributed by atoms with E-state index in [-0.39, 0.29) is 6.79 Å². The summed E-state index contributed by atoms with van der Waals surface area (Å²) >= 11 is 1.68. The largest absolute Gasteiger partial charge is 0.493 e. The van der Waals surface area contributed by atoms with Gasteiger partial charge in [-0.3, -0.25) is 0 Å². The number of hydrogen-bond acceptors (Lipinski definition) is 6. The fourth-order valence-electron chi connectivity index (χ4n) is 2.09. The number of methoxy groups -OCH3 is 1. The molecule has 0 radical (unpaired) electrons. The molecule has 0 atom stereocenters. The molecule has 0 unspecified atom stereocenters. The van der Waals surface area contributed by atoms with Gasteiger partial charge < -0.3 is 19.5 Å². The minimum Gasteiger partial charge on any atom is -0.493 e. The molecule has 20 heavy (non-hydrogen) atoms. The molecule has 0 spiro atoms. The number of nitrogens with zero attached hydrogens (tertiary/aromatic N) is 1. The smallest absolute Gasteiger partial charge is 0.231 e. The third kappa shape index (κ3) is 2.86. The van der Waals surface area contributed by atoms with Crippen molar-refractivity contribution in [3.05, 3.63) is 34.3 Å². The lowest BCUT2D eigenvalue weighted by atomic mass is 10.2. The van der Waals surface area contributed by atoms with Crippen LogP contribution in [0.5, 0.6) is 17.2 Å². The first kappa shape index (κ1) is 13.2. The average molecular weight is 292 g/mol. The Kier molecular flexibility index (Phi) is 4.03. The highest BCUT2D eigenvalue weighted by Crippen LogP contribution is 2.41. The molecule has 0 aliphatic carbocycles. The van der Waals surface area contributed by atoms with Gasteiger partial charge in [-0.05, 0) is 17.7 Å². The summed E-state index contributed by atoms with van der Waals surface area (Å²) in [4.78, 5) is 4.26. The van der Waals surface area contributed by atoms with E-state index in [0.29, 0.717) is 5.75 Å². The van der Waals surface area contributed by atoms with Gasteiger partial charge in [-0.15, -0.1) is 11.3 Å². The third-order valence-electron chi connectivity index (χ3n) is 3.05. The Balaban J connectivity index is 1.57. The molecular weight excluding hydrogens is 276 g/mol. The predicted octanol–water partition coefficient (Wildman–Crippen LogP) is 2.21. The van der Waals surface area contributed by atoms with Crippen LogP contribution in [0.25, 0.3) is 0 Å². The fraction of sp³-hybridized carbons (Fsp3) is 0.357. The normalized spacial score (nSPS) is 12.7. The van der Waals surface area contributed by atoms with E-state index in [1.165, 1.54) is 0 Å². The highest BCUT2D eigenvalue weighted by molar-refractivity contribution is 7.09. The second kappa shape index (κ2) is 6.11. The van der Waals surface area contributed by atoms with E-state index in [4.69, 9.17) is 14.2 Å². The summed E-state index contributed by atoms with van der Waals surface area (Å²) in [6.45, 7) is 1.91. The van der Waals surface area contributed by atoms with Crippen LogP contribution in [0.1, 0.15) is 10.6 Å². The summed E-state index contributed by atoms with van der Waals surface area (Å²) in [5, 5.41) is 6.55. The van der Waals surface area contributed by atoms with Crippen LogP contribution < -0.4 is 19.5 Å². The number of hydrogen-bond donors (Lipinski definition) is 1. The molecule has 1 N–H and O–H groups in total. The number of benzene rings is 1. The number of fused-ring (bicyclic) bond motifs is 1. The molecule has 1 aromatic carbocycles. The Morgan fingerprint density at radius 2 is 2.35 bits per heavy atom. The van der Waals surface area contributed by atoms with Gasteiger partial charge in [0.2, 0.25) is 12.5 Å². The quantitative estimate of drug-likeness (QED) is 0.827. The van der Waals surface area contributed by atoms with E-state index in [1.54, 1.807) is 18.4 Å². The molecule has 1 aliphatic heterocycles. The van der Waals surface area contributed by atoms with E-state index in [9.17, 15) is 0 Å². The molecular formula is C14H16N2O3S. The standard InChI is InChI=1S/C14H16N2O3S/c1-17-11-6-10(7-12-14(11)19-9-18-12)8-15-3-2-13-16-4-5-20-13/h4-7,15H,2-3,8-9H2,1H3. The van der Waals surface area contributed by atoms with E-state index < -0.39 is 0 Å². The molecule has 0 bridgehead atoms. The van der Waals surface area contributed by atoms with Crippen LogP contribution >= 0.6 is 11.3 Å². The van der Waals surface area contributed by atoms with Gasteiger partial charge in [0.25, 0.3) is 0 Å². The molecule has 2 heterocycles. The van der Waals surface area contributed by atoms with Crippen LogP contribution in [-0.4, -0.2) is 25.4 Å². The summed E-state index contributed by atoms with van der Waals surface area (Å²) in [7, 11) is 1.64. The Morgan fingerprint density at radius 1 is 1.40 bits per heavy atom. The van der Waals surface area contributed by atoms with Gasteiger partial charge in [-0.2, -0.15) is 0 Å². The van der Waals surface area contributed by atoms with Crippen molar-refractivity contribution < 1.29 is 14.2 Å². The van der Waals surface area contributed by atoms with Gasteiger partial charge >= 0.3 is 0 Å². The van der Waals surface area contributed by atoms with Crippen molar-refractivity contribution in [2.24, 2.45) is 0 Å². The van der Waals surface area contributed by atoms with Crippen molar-refractivity contribution in [2.45, 2.75) is 13.0 Å². The number of ether oxygens (including phenoxy) is 3. The summed E-state index contributed by atoms with van der Waals surface area (Å²) in [5.74, 6) is 2.16. The van der Waals surface area contributed by atoms with Crippen LogP contribution in [0.4, 0.5) is 0 Å². The first-order chi connectivity index (χ1) is 9.86. The highest BCUT2D eigenvalue weighted by atomic mass is 32.1. The van der Waals surface area contributed by atoms with Gasteiger partial charge in [0.05, 0.1) is 12.1 Å². The Labute approximate surface area is 121 Å². The van der Waals surface area contributed by atoms with Gasteiger partial charge in [0.1, 0.15) is 0 Å². The van der Waals surface area contributed by atoms with Crippen LogP contribution in [0.2, 0.25) is 0 Å². The van der Waals surface area contributed by atoms with Crippen LogP contribution in [0.3, 0.4) is 0 Å². The number of nitrogens with one attached hydrogen (secondary N) is 1. The zero-order chi connectivity index (χ0) is 13.8. The Bertz CT molecular complexity index is 572. The summed E-state index contributed by atoms with van der Waals surface area (Å²) < 4.78 is 16.1. The van der Waals surface area contributed by atoms with Gasteiger partial charge in [0, 0.05) is 31.1 Å². The topological polar surface area (TPSA) is 52.6 Å². The number of thiazole rings is 1. The SMILES string of the molecule is COc1cc(CNCCc2nccs2)cc2c1OCO2. The van der Waals surface area contributed by atoms with Crippen molar-refractivity contribution in [3.8, 4) is 17.2 Å². The van der Waals surface area contributed by atoms with Crippen LogP contribution in [0, 0.1) is 0 Å². The summed E-state index contributed by atoms with van der Waals surface area (Å²) in [6, 6.07) is 3.96. The van der Waals surface area contributed by atoms with Crippen molar-refractivity contribution in [1.82, 2.24) is 10.3 Å². The third-order valence-corrected chi connectivity index (χ3v) is 3.89. The maximum atomic E-state index is 5.41. The maximum absolute atomic E-state index is 5.41. The average Bonchev–Trinajstić information content (AvgIpc) is 3.13. The maximum Gasteiger partial charge on any atom is 0.231 e. The summed E-state index contributed by atoms with van der Waals surface area (Å²) in [6.07, 6.45) is 2.78. The molecule has 0 saturated carbocycles. The summed E-state index contributed by atoms with van der Waals surface area (Å²) in [5.41, 5.74) is 1.12. The first-order valence-electron chi connectivity index (χ1n) is 6.42. The van der Waals surface area contributed by atoms with E-state index in [1.807, 2.05) is 23.7 Å². The molecule has 0 fully saturated rings. The lowest BCUT2D eigenvalue weighted by molar-refractivity contribution is 0.171. The monoisotopic (exact) mass is 292 g/mol. The molecule has 6 heteroatoms. The molecule has 0 saturated heterocycles. The molecule has 2 aromatic rings. The van der Waals surface area contributed by atoms with Crippen LogP contribution in [-0.2, 0) is 13.0 Å². The van der Waals surface area contributed by atoms with E-state index in [2.05, 4.69) is 10.3 Å². The molecule has 0 amide bonds. The van der Waals surface area contributed by atoms with Gasteiger partial charge in [0.15, 0.2) is 11.5 Å². The lowest BCUT2D eigenvalue weighted by Crippen LogP contribution is -2.16. The van der Waals surface area contributed by atoms with Crippen LogP contribution in [0.15, 0.2) is 23.7 Å². The Morgan fingerprint density at radius 3 is 3.15 bits per heavy atom. The second-order valence-corrected chi connectivity index (χ2v) is 5.36. The zero-order valence-corrected chi connectivity index (χ0v) is 12.0. The lowest BCUT2D eigenvalue weighted by Gasteiger charge is -2.09. The predicted molar refractivity (Wildman–Crippen MR) is 76.6 cm³/mol. The molecule has 3 rings (SSSR count). The number of aromatic nitrogens is 1. The van der Waals surface area contributed by atoms with Crippen molar-refractivity contribution in [3.63, 3.8) is 0 Å². The zero-order valence-electron chi connectivity index (χ0n) is 11.2. The second-order valence-electron chi connectivity index (χ2n) is 4.38. The first-order valence-corrected chi connectivity index (χ1v) is 7.30. The molecule has 1 aromatic heterocycles. The minimum absolute atomic E-state index is 0.257. The fourth-order valence-corrected chi connectivity index (χ4v) is 2.71. The number of rotatable bonds is 6. The van der Waals surface area contributed by atoms with Gasteiger partial charge in [-0.25, -0.2) is 4.98 Å². The Hall–Kier alpha value is -1.79. The van der Waals surface area contributed by atoms with E-state index >= 15 is 0 Å².